The Bertz CT molecular complexity index is 675. The van der Waals surface area contributed by atoms with E-state index < -0.39 is 5.97 Å². The third-order valence-electron chi connectivity index (χ3n) is 3.50. The number of amides is 1. The molecule has 0 saturated carbocycles. The lowest BCUT2D eigenvalue weighted by molar-refractivity contribution is 0.0696. The number of hydrogen-bond donors (Lipinski definition) is 2. The number of aryl methyl sites for hydroxylation is 1. The Morgan fingerprint density at radius 3 is 2.33 bits per heavy atom. The van der Waals surface area contributed by atoms with E-state index in [0.29, 0.717) is 12.1 Å². The van der Waals surface area contributed by atoms with Crippen molar-refractivity contribution in [3.8, 4) is 0 Å². The Kier molecular flexibility index (Phi) is 4.38. The van der Waals surface area contributed by atoms with Crippen molar-refractivity contribution < 1.29 is 14.7 Å². The Morgan fingerprint density at radius 2 is 1.71 bits per heavy atom. The van der Waals surface area contributed by atoms with Crippen LogP contribution in [0, 0.1) is 13.8 Å². The minimum Gasteiger partial charge on any atom is -0.478 e. The van der Waals surface area contributed by atoms with E-state index in [-0.39, 0.29) is 11.5 Å². The smallest absolute Gasteiger partial charge is 0.335 e. The highest BCUT2D eigenvalue weighted by Crippen LogP contribution is 2.13. The highest BCUT2D eigenvalue weighted by atomic mass is 16.4. The van der Waals surface area contributed by atoms with Crippen molar-refractivity contribution in [2.75, 3.05) is 0 Å². The number of aromatic carboxylic acids is 1. The summed E-state index contributed by atoms with van der Waals surface area (Å²) in [4.78, 5) is 22.9. The van der Waals surface area contributed by atoms with Crippen LogP contribution in [0.1, 0.15) is 37.4 Å². The topological polar surface area (TPSA) is 66.4 Å². The number of carboxylic acids is 1. The maximum Gasteiger partial charge on any atom is 0.335 e. The van der Waals surface area contributed by atoms with Crippen LogP contribution in [0.4, 0.5) is 0 Å². The first-order valence-corrected chi connectivity index (χ1v) is 6.65. The molecule has 2 aromatic rings. The van der Waals surface area contributed by atoms with E-state index >= 15 is 0 Å². The predicted molar refractivity (Wildman–Crippen MR) is 80.5 cm³/mol. The van der Waals surface area contributed by atoms with Crippen molar-refractivity contribution in [1.29, 1.82) is 0 Å². The van der Waals surface area contributed by atoms with Crippen molar-refractivity contribution >= 4 is 11.9 Å². The van der Waals surface area contributed by atoms with Gasteiger partial charge in [0, 0.05) is 12.1 Å². The molecule has 0 heterocycles. The first-order chi connectivity index (χ1) is 9.99. The second kappa shape index (κ2) is 6.22. The predicted octanol–water partition coefficient (Wildman–Crippen LogP) is 2.93. The number of carboxylic acid groups (broad SMARTS) is 1. The van der Waals surface area contributed by atoms with Gasteiger partial charge in [-0.3, -0.25) is 4.79 Å². The molecule has 4 nitrogen and oxygen atoms in total. The molecule has 0 saturated heterocycles. The van der Waals surface area contributed by atoms with Crippen LogP contribution >= 0.6 is 0 Å². The van der Waals surface area contributed by atoms with E-state index in [1.807, 2.05) is 26.0 Å². The molecule has 0 spiro atoms. The van der Waals surface area contributed by atoms with Crippen LogP contribution in [0.25, 0.3) is 0 Å². The van der Waals surface area contributed by atoms with Crippen LogP contribution < -0.4 is 5.32 Å². The molecule has 108 valence electrons. The Balaban J connectivity index is 2.04. The van der Waals surface area contributed by atoms with Crippen LogP contribution in [0.15, 0.2) is 42.5 Å². The van der Waals surface area contributed by atoms with Crippen LogP contribution in [-0.2, 0) is 6.54 Å². The average molecular weight is 283 g/mol. The summed E-state index contributed by atoms with van der Waals surface area (Å²) in [6.07, 6.45) is 0. The van der Waals surface area contributed by atoms with E-state index in [9.17, 15) is 9.59 Å². The van der Waals surface area contributed by atoms with Crippen molar-refractivity contribution in [1.82, 2.24) is 5.32 Å². The van der Waals surface area contributed by atoms with Crippen molar-refractivity contribution in [2.45, 2.75) is 20.4 Å². The van der Waals surface area contributed by atoms with Gasteiger partial charge in [-0.1, -0.05) is 24.3 Å². The zero-order valence-corrected chi connectivity index (χ0v) is 12.0. The summed E-state index contributed by atoms with van der Waals surface area (Å²) in [7, 11) is 0. The largest absolute Gasteiger partial charge is 0.478 e. The van der Waals surface area contributed by atoms with Crippen molar-refractivity contribution in [3.05, 3.63) is 70.3 Å². The molecule has 2 aromatic carbocycles. The van der Waals surface area contributed by atoms with E-state index in [1.54, 1.807) is 18.2 Å². The van der Waals surface area contributed by atoms with E-state index in [0.717, 1.165) is 16.7 Å². The van der Waals surface area contributed by atoms with Gasteiger partial charge in [0.05, 0.1) is 5.56 Å². The summed E-state index contributed by atoms with van der Waals surface area (Å²) in [5, 5.41) is 11.7. The van der Waals surface area contributed by atoms with Crippen LogP contribution in [-0.4, -0.2) is 17.0 Å². The number of nitrogens with one attached hydrogen (secondary N) is 1. The molecular formula is C17H17NO3. The quantitative estimate of drug-likeness (QED) is 0.906. The van der Waals surface area contributed by atoms with Gasteiger partial charge in [0.1, 0.15) is 0 Å². The van der Waals surface area contributed by atoms with Crippen molar-refractivity contribution in [2.24, 2.45) is 0 Å². The normalized spacial score (nSPS) is 10.2. The van der Waals surface area contributed by atoms with Gasteiger partial charge in [-0.05, 0) is 48.7 Å². The minimum absolute atomic E-state index is 0.126. The maximum atomic E-state index is 12.2. The molecule has 21 heavy (non-hydrogen) atoms. The van der Waals surface area contributed by atoms with Crippen molar-refractivity contribution in [3.63, 3.8) is 0 Å². The standard InChI is InChI=1S/C17H17NO3/c1-11-4-3-5-15(12(11)2)16(19)18-10-13-6-8-14(9-7-13)17(20)21/h3-9H,10H2,1-2H3,(H,18,19)(H,20,21). The monoisotopic (exact) mass is 283 g/mol. The number of rotatable bonds is 4. The summed E-state index contributed by atoms with van der Waals surface area (Å²) in [6, 6.07) is 12.1. The van der Waals surface area contributed by atoms with Gasteiger partial charge in [0.25, 0.3) is 5.91 Å². The lowest BCUT2D eigenvalue weighted by Gasteiger charge is -2.09. The molecular weight excluding hydrogens is 266 g/mol. The third-order valence-corrected chi connectivity index (χ3v) is 3.50. The number of carbonyl (C=O) groups is 2. The second-order valence-corrected chi connectivity index (χ2v) is 4.93. The molecule has 0 atom stereocenters. The molecule has 4 heteroatoms. The molecule has 0 bridgehead atoms. The fraction of sp³-hybridized carbons (Fsp3) is 0.176. The Morgan fingerprint density at radius 1 is 1.05 bits per heavy atom. The van der Waals surface area contributed by atoms with E-state index in [4.69, 9.17) is 5.11 Å². The first kappa shape index (κ1) is 14.8. The lowest BCUT2D eigenvalue weighted by Crippen LogP contribution is -2.23. The molecule has 0 aliphatic heterocycles. The molecule has 2 N–H and O–H groups in total. The van der Waals surface area contributed by atoms with E-state index in [2.05, 4.69) is 5.32 Å². The molecule has 0 unspecified atom stereocenters. The number of benzene rings is 2. The van der Waals surface area contributed by atoms with Crippen LogP contribution in [0.3, 0.4) is 0 Å². The van der Waals surface area contributed by atoms with Crippen LogP contribution in [0.2, 0.25) is 0 Å². The summed E-state index contributed by atoms with van der Waals surface area (Å²) >= 11 is 0. The molecule has 1 amide bonds. The zero-order valence-electron chi connectivity index (χ0n) is 12.0. The maximum absolute atomic E-state index is 12.2. The van der Waals surface area contributed by atoms with Gasteiger partial charge in [-0.15, -0.1) is 0 Å². The highest BCUT2D eigenvalue weighted by Gasteiger charge is 2.09. The van der Waals surface area contributed by atoms with Gasteiger partial charge in [-0.25, -0.2) is 4.79 Å². The number of hydrogen-bond acceptors (Lipinski definition) is 2. The van der Waals surface area contributed by atoms with Gasteiger partial charge in [0.2, 0.25) is 0 Å². The third kappa shape index (κ3) is 3.48. The SMILES string of the molecule is Cc1cccc(C(=O)NCc2ccc(C(=O)O)cc2)c1C. The molecule has 0 fully saturated rings. The van der Waals surface area contributed by atoms with Gasteiger partial charge in [-0.2, -0.15) is 0 Å². The zero-order chi connectivity index (χ0) is 15.4. The summed E-state index contributed by atoms with van der Waals surface area (Å²) in [5.41, 5.74) is 3.81. The second-order valence-electron chi connectivity index (χ2n) is 4.93. The van der Waals surface area contributed by atoms with Crippen LogP contribution in [0.5, 0.6) is 0 Å². The van der Waals surface area contributed by atoms with Gasteiger partial charge < -0.3 is 10.4 Å². The average Bonchev–Trinajstić information content (AvgIpc) is 2.48. The van der Waals surface area contributed by atoms with Gasteiger partial charge >= 0.3 is 5.97 Å². The molecule has 0 aliphatic rings. The van der Waals surface area contributed by atoms with Gasteiger partial charge in [0.15, 0.2) is 0 Å². The molecule has 2 rings (SSSR count). The van der Waals surface area contributed by atoms with E-state index in [1.165, 1.54) is 12.1 Å². The molecule has 0 aromatic heterocycles. The fourth-order valence-electron chi connectivity index (χ4n) is 2.04. The molecule has 0 aliphatic carbocycles. The summed E-state index contributed by atoms with van der Waals surface area (Å²) in [5.74, 6) is -1.08. The fourth-order valence-corrected chi connectivity index (χ4v) is 2.04. The molecule has 0 radical (unpaired) electrons. The minimum atomic E-state index is -0.957. The highest BCUT2D eigenvalue weighted by molar-refractivity contribution is 5.95. The summed E-state index contributed by atoms with van der Waals surface area (Å²) < 4.78 is 0. The Labute approximate surface area is 123 Å². The summed E-state index contributed by atoms with van der Waals surface area (Å²) in [6.45, 7) is 4.26. The Hall–Kier alpha value is -2.62. The lowest BCUT2D eigenvalue weighted by atomic mass is 10.0. The first-order valence-electron chi connectivity index (χ1n) is 6.65. The number of carbonyl (C=O) groups excluding carboxylic acids is 1.